The first-order valence-electron chi connectivity index (χ1n) is 4.54. The second kappa shape index (κ2) is 2.87. The molecule has 0 aliphatic carbocycles. The van der Waals surface area contributed by atoms with Crippen molar-refractivity contribution in [2.24, 2.45) is 7.05 Å². The number of likely N-dealkylation sites (N-methyl/N-ethyl adjacent to an activating group) is 1. The van der Waals surface area contributed by atoms with E-state index in [0.717, 1.165) is 30.8 Å². The van der Waals surface area contributed by atoms with Crippen LogP contribution in [0.2, 0.25) is 0 Å². The Labute approximate surface area is 77.1 Å². The second-order valence-corrected chi connectivity index (χ2v) is 3.26. The maximum Gasteiger partial charge on any atom is 0.257 e. The lowest BCUT2D eigenvalue weighted by atomic mass is 10.1. The molecule has 4 heteroatoms. The average Bonchev–Trinajstić information content (AvgIpc) is 2.50. The highest BCUT2D eigenvalue weighted by molar-refractivity contribution is 5.96. The Bertz CT molecular complexity index is 343. The Kier molecular flexibility index (Phi) is 1.83. The van der Waals surface area contributed by atoms with Gasteiger partial charge in [0.2, 0.25) is 0 Å². The predicted molar refractivity (Wildman–Crippen MR) is 48.5 cm³/mol. The number of amides is 1. The van der Waals surface area contributed by atoms with Crippen LogP contribution in [0.15, 0.2) is 6.20 Å². The summed E-state index contributed by atoms with van der Waals surface area (Å²) in [4.78, 5) is 13.6. The minimum absolute atomic E-state index is 0.122. The van der Waals surface area contributed by atoms with Gasteiger partial charge >= 0.3 is 0 Å². The molecule has 0 bridgehead atoms. The minimum Gasteiger partial charge on any atom is -0.338 e. The van der Waals surface area contributed by atoms with Crippen LogP contribution in [-0.4, -0.2) is 33.7 Å². The second-order valence-electron chi connectivity index (χ2n) is 3.26. The molecule has 0 atom stereocenters. The fourth-order valence-electron chi connectivity index (χ4n) is 1.75. The fraction of sp³-hybridized carbons (Fsp3) is 0.556. The number of hydrogen-bond donors (Lipinski definition) is 0. The van der Waals surface area contributed by atoms with Crippen molar-refractivity contribution in [2.75, 3.05) is 13.1 Å². The van der Waals surface area contributed by atoms with Crippen molar-refractivity contribution in [1.29, 1.82) is 0 Å². The number of aryl methyl sites for hydroxylation is 1. The first-order chi connectivity index (χ1) is 6.24. The summed E-state index contributed by atoms with van der Waals surface area (Å²) in [5, 5.41) is 4.09. The number of fused-ring (bicyclic) bond motifs is 1. The third-order valence-corrected chi connectivity index (χ3v) is 2.58. The van der Waals surface area contributed by atoms with E-state index < -0.39 is 0 Å². The van der Waals surface area contributed by atoms with Gasteiger partial charge in [-0.1, -0.05) is 0 Å². The van der Waals surface area contributed by atoms with Crippen LogP contribution in [-0.2, 0) is 13.5 Å². The van der Waals surface area contributed by atoms with Gasteiger partial charge in [0.05, 0.1) is 17.5 Å². The van der Waals surface area contributed by atoms with Gasteiger partial charge in [-0.3, -0.25) is 9.48 Å². The Balaban J connectivity index is 2.40. The van der Waals surface area contributed by atoms with Gasteiger partial charge in [0, 0.05) is 26.6 Å². The molecule has 0 N–H and O–H groups in total. The molecule has 1 amide bonds. The smallest absolute Gasteiger partial charge is 0.257 e. The lowest BCUT2D eigenvalue weighted by Crippen LogP contribution is -2.37. The average molecular weight is 179 g/mol. The molecule has 0 spiro atoms. The van der Waals surface area contributed by atoms with Crippen LogP contribution in [0.3, 0.4) is 0 Å². The summed E-state index contributed by atoms with van der Waals surface area (Å²) in [5.74, 6) is 0.122. The van der Waals surface area contributed by atoms with E-state index >= 15 is 0 Å². The molecule has 2 rings (SSSR count). The van der Waals surface area contributed by atoms with Crippen LogP contribution in [0.25, 0.3) is 0 Å². The standard InChI is InChI=1S/C9H13N3O/c1-3-12-5-4-8-7(9(12)13)6-10-11(8)2/h6H,3-5H2,1-2H3. The van der Waals surface area contributed by atoms with Gasteiger partial charge in [0.1, 0.15) is 0 Å². The Morgan fingerprint density at radius 2 is 2.38 bits per heavy atom. The van der Waals surface area contributed by atoms with Gasteiger partial charge in [0.15, 0.2) is 0 Å². The molecule has 0 unspecified atom stereocenters. The van der Waals surface area contributed by atoms with Gasteiger partial charge in [-0.2, -0.15) is 5.10 Å². The van der Waals surface area contributed by atoms with Gasteiger partial charge in [-0.25, -0.2) is 0 Å². The molecule has 1 aromatic heterocycles. The molecule has 1 aliphatic rings. The Morgan fingerprint density at radius 1 is 1.62 bits per heavy atom. The van der Waals surface area contributed by atoms with Crippen molar-refractivity contribution in [1.82, 2.24) is 14.7 Å². The van der Waals surface area contributed by atoms with Crippen LogP contribution < -0.4 is 0 Å². The molecule has 0 saturated heterocycles. The van der Waals surface area contributed by atoms with Crippen molar-refractivity contribution in [3.05, 3.63) is 17.5 Å². The molecule has 0 fully saturated rings. The zero-order valence-electron chi connectivity index (χ0n) is 7.95. The summed E-state index contributed by atoms with van der Waals surface area (Å²) in [5.41, 5.74) is 1.84. The zero-order valence-corrected chi connectivity index (χ0v) is 7.95. The fourth-order valence-corrected chi connectivity index (χ4v) is 1.75. The van der Waals surface area contributed by atoms with E-state index in [9.17, 15) is 4.79 Å². The third-order valence-electron chi connectivity index (χ3n) is 2.58. The first-order valence-corrected chi connectivity index (χ1v) is 4.54. The monoisotopic (exact) mass is 179 g/mol. The highest BCUT2D eigenvalue weighted by Gasteiger charge is 2.25. The normalized spacial score (nSPS) is 16.2. The summed E-state index contributed by atoms with van der Waals surface area (Å²) in [6.07, 6.45) is 2.59. The first kappa shape index (κ1) is 8.29. The summed E-state index contributed by atoms with van der Waals surface area (Å²) in [6, 6.07) is 0. The van der Waals surface area contributed by atoms with E-state index in [1.807, 2.05) is 18.9 Å². The zero-order chi connectivity index (χ0) is 9.42. The largest absolute Gasteiger partial charge is 0.338 e. The Hall–Kier alpha value is -1.32. The highest BCUT2D eigenvalue weighted by Crippen LogP contribution is 2.17. The van der Waals surface area contributed by atoms with Crippen molar-refractivity contribution in [3.8, 4) is 0 Å². The van der Waals surface area contributed by atoms with E-state index in [4.69, 9.17) is 0 Å². The van der Waals surface area contributed by atoms with Gasteiger partial charge in [-0.15, -0.1) is 0 Å². The molecule has 13 heavy (non-hydrogen) atoms. The molecule has 0 saturated carbocycles. The summed E-state index contributed by atoms with van der Waals surface area (Å²) in [6.45, 7) is 3.61. The molecular formula is C9H13N3O. The van der Waals surface area contributed by atoms with E-state index in [-0.39, 0.29) is 5.91 Å². The van der Waals surface area contributed by atoms with Crippen molar-refractivity contribution in [2.45, 2.75) is 13.3 Å². The van der Waals surface area contributed by atoms with Gasteiger partial charge in [-0.05, 0) is 6.92 Å². The van der Waals surface area contributed by atoms with E-state index in [0.29, 0.717) is 0 Å². The Morgan fingerprint density at radius 3 is 3.08 bits per heavy atom. The van der Waals surface area contributed by atoms with Gasteiger partial charge in [0.25, 0.3) is 5.91 Å². The van der Waals surface area contributed by atoms with Crippen LogP contribution >= 0.6 is 0 Å². The molecule has 0 radical (unpaired) electrons. The molecule has 70 valence electrons. The van der Waals surface area contributed by atoms with Crippen LogP contribution in [0, 0.1) is 0 Å². The lowest BCUT2D eigenvalue weighted by molar-refractivity contribution is 0.0747. The third kappa shape index (κ3) is 1.13. The molecule has 1 aliphatic heterocycles. The van der Waals surface area contributed by atoms with Crippen molar-refractivity contribution < 1.29 is 4.79 Å². The highest BCUT2D eigenvalue weighted by atomic mass is 16.2. The maximum atomic E-state index is 11.7. The van der Waals surface area contributed by atoms with E-state index in [1.54, 1.807) is 10.9 Å². The number of carbonyl (C=O) groups excluding carboxylic acids is 1. The predicted octanol–water partition coefficient (Wildman–Crippen LogP) is 0.438. The molecular weight excluding hydrogens is 166 g/mol. The topological polar surface area (TPSA) is 38.1 Å². The SMILES string of the molecule is CCN1CCc2c(cnn2C)C1=O. The number of carbonyl (C=O) groups is 1. The van der Waals surface area contributed by atoms with Crippen LogP contribution in [0.4, 0.5) is 0 Å². The van der Waals surface area contributed by atoms with Crippen LogP contribution in [0.5, 0.6) is 0 Å². The van der Waals surface area contributed by atoms with Crippen molar-refractivity contribution >= 4 is 5.91 Å². The van der Waals surface area contributed by atoms with Gasteiger partial charge < -0.3 is 4.90 Å². The summed E-state index contributed by atoms with van der Waals surface area (Å²) >= 11 is 0. The number of nitrogens with zero attached hydrogens (tertiary/aromatic N) is 3. The molecule has 0 aromatic carbocycles. The van der Waals surface area contributed by atoms with Crippen molar-refractivity contribution in [3.63, 3.8) is 0 Å². The maximum absolute atomic E-state index is 11.7. The summed E-state index contributed by atoms with van der Waals surface area (Å²) in [7, 11) is 1.88. The molecule has 1 aromatic rings. The number of rotatable bonds is 1. The molecule has 4 nitrogen and oxygen atoms in total. The van der Waals surface area contributed by atoms with Crippen LogP contribution in [0.1, 0.15) is 23.0 Å². The van der Waals surface area contributed by atoms with E-state index in [2.05, 4.69) is 5.10 Å². The lowest BCUT2D eigenvalue weighted by Gasteiger charge is -2.25. The van der Waals surface area contributed by atoms with E-state index in [1.165, 1.54) is 0 Å². The number of hydrogen-bond acceptors (Lipinski definition) is 2. The number of aromatic nitrogens is 2. The summed E-state index contributed by atoms with van der Waals surface area (Å²) < 4.78 is 1.79. The minimum atomic E-state index is 0.122. The quantitative estimate of drug-likeness (QED) is 0.627. The molecule has 2 heterocycles.